The molecule has 148 valence electrons. The van der Waals surface area contributed by atoms with Crippen LogP contribution in [0, 0.1) is 0 Å². The Morgan fingerprint density at radius 2 is 1.56 bits per heavy atom. The van der Waals surface area contributed by atoms with Gasteiger partial charge in [0.25, 0.3) is 0 Å². The van der Waals surface area contributed by atoms with Crippen molar-refractivity contribution in [3.05, 3.63) is 17.7 Å². The van der Waals surface area contributed by atoms with E-state index < -0.39 is 55.8 Å². The fraction of sp³-hybridized carbons (Fsp3) is 0.429. The summed E-state index contributed by atoms with van der Waals surface area (Å²) in [6.07, 6.45) is -10.3. The minimum absolute atomic E-state index is 0.138. The van der Waals surface area contributed by atoms with Crippen molar-refractivity contribution in [2.45, 2.75) is 18.8 Å². The molecule has 0 saturated carbocycles. The van der Waals surface area contributed by atoms with Crippen LogP contribution in [0.5, 0.6) is 11.5 Å². The van der Waals surface area contributed by atoms with E-state index in [4.69, 9.17) is 9.47 Å². The molecular formula is C14H13F6HgNO5. The van der Waals surface area contributed by atoms with E-state index in [1.54, 1.807) is 5.32 Å². The number of alkyl halides is 6. The van der Waals surface area contributed by atoms with Crippen LogP contribution in [0.1, 0.15) is 5.56 Å². The zero-order valence-electron chi connectivity index (χ0n) is 14.1. The molecule has 0 aliphatic heterocycles. The van der Waals surface area contributed by atoms with Crippen LogP contribution in [-0.4, -0.2) is 45.0 Å². The molecule has 0 heterocycles. The van der Waals surface area contributed by atoms with Gasteiger partial charge < -0.3 is 0 Å². The van der Waals surface area contributed by atoms with E-state index >= 15 is 0 Å². The van der Waals surface area contributed by atoms with Crippen LogP contribution in [0.15, 0.2) is 12.1 Å². The van der Waals surface area contributed by atoms with E-state index in [1.165, 1.54) is 26.4 Å². The Kier molecular flexibility index (Phi) is 8.17. The SMILES string of the molecule is COc1cc(CCNC(=O)C(F)(F)F)[c]([Hg][O]C(=O)C(F)(F)F)cc1OC. The molecule has 1 aromatic rings. The fourth-order valence-electron chi connectivity index (χ4n) is 1.97. The minimum atomic E-state index is -5.14. The molecule has 1 amide bonds. The van der Waals surface area contributed by atoms with Crippen LogP contribution in [-0.2, 0) is 43.7 Å². The molecule has 0 atom stereocenters. The normalized spacial score (nSPS) is 11.4. The number of ether oxygens (including phenoxy) is 2. The van der Waals surface area contributed by atoms with Crippen LogP contribution in [0.3, 0.4) is 0 Å². The molecule has 1 rings (SSSR count). The van der Waals surface area contributed by atoms with Crippen molar-refractivity contribution in [1.29, 1.82) is 0 Å². The number of amides is 1. The van der Waals surface area contributed by atoms with Crippen LogP contribution in [0.2, 0.25) is 0 Å². The molecule has 0 bridgehead atoms. The first-order chi connectivity index (χ1) is 12.4. The molecule has 0 aliphatic rings. The predicted octanol–water partition coefficient (Wildman–Crippen LogP) is 1.65. The number of methoxy groups -OCH3 is 2. The quantitative estimate of drug-likeness (QED) is 0.387. The third kappa shape index (κ3) is 7.07. The average Bonchev–Trinajstić information content (AvgIpc) is 2.57. The third-order valence-corrected chi connectivity index (χ3v) is 8.58. The number of hydrogen-bond acceptors (Lipinski definition) is 5. The van der Waals surface area contributed by atoms with Gasteiger partial charge in [0.2, 0.25) is 0 Å². The summed E-state index contributed by atoms with van der Waals surface area (Å²) < 4.78 is 88.1. The van der Waals surface area contributed by atoms with Gasteiger partial charge in [-0.15, -0.1) is 0 Å². The second kappa shape index (κ2) is 9.46. The van der Waals surface area contributed by atoms with E-state index in [-0.39, 0.29) is 21.0 Å². The molecule has 0 saturated heterocycles. The van der Waals surface area contributed by atoms with E-state index in [9.17, 15) is 35.9 Å². The van der Waals surface area contributed by atoms with Gasteiger partial charge in [-0.05, 0) is 0 Å². The van der Waals surface area contributed by atoms with Gasteiger partial charge in [-0.1, -0.05) is 0 Å². The Morgan fingerprint density at radius 3 is 2.04 bits per heavy atom. The van der Waals surface area contributed by atoms with Crippen LogP contribution in [0.4, 0.5) is 26.3 Å². The van der Waals surface area contributed by atoms with E-state index in [1.807, 2.05) is 0 Å². The summed E-state index contributed by atoms with van der Waals surface area (Å²) in [4.78, 5) is 21.7. The first-order valence-corrected chi connectivity index (χ1v) is 12.2. The summed E-state index contributed by atoms with van der Waals surface area (Å²) in [5.41, 5.74) is 0.298. The van der Waals surface area contributed by atoms with Gasteiger partial charge in [-0.2, -0.15) is 0 Å². The Morgan fingerprint density at radius 1 is 1.00 bits per heavy atom. The molecule has 0 radical (unpaired) electrons. The topological polar surface area (TPSA) is 73.9 Å². The molecule has 27 heavy (non-hydrogen) atoms. The van der Waals surface area contributed by atoms with Crippen molar-refractivity contribution in [2.75, 3.05) is 20.8 Å². The number of halogens is 6. The molecule has 0 aliphatic carbocycles. The molecule has 6 nitrogen and oxygen atoms in total. The van der Waals surface area contributed by atoms with Gasteiger partial charge in [0.05, 0.1) is 0 Å². The maximum atomic E-state index is 12.3. The zero-order chi connectivity index (χ0) is 20.8. The van der Waals surface area contributed by atoms with Crippen molar-refractivity contribution in [3.8, 4) is 11.5 Å². The number of carbonyl (C=O) groups excluding carboxylic acids is 2. The Balaban J connectivity index is 2.98. The standard InChI is InChI=1S/C12H13F3NO3.C2HF3O2.Hg/c1-18-9-4-3-8(7-10(9)19-2)5-6-16-11(17)12(13,14)15;3-2(4,5)1(6)7;/h4,7H,5-6H2,1-2H3,(H,16,17);(H,6,7);/q;;+1/p-1. The predicted molar refractivity (Wildman–Crippen MR) is 74.1 cm³/mol. The maximum absolute atomic E-state index is 12.3. The summed E-state index contributed by atoms with van der Waals surface area (Å²) in [6, 6.07) is 2.68. The van der Waals surface area contributed by atoms with Gasteiger partial charge >= 0.3 is 162 Å². The fourth-order valence-corrected chi connectivity index (χ4v) is 6.57. The summed E-state index contributed by atoms with van der Waals surface area (Å²) in [5.74, 6) is -4.11. The van der Waals surface area contributed by atoms with E-state index in [2.05, 4.69) is 2.64 Å². The summed E-state index contributed by atoms with van der Waals surface area (Å²) >= 11 is -3.10. The van der Waals surface area contributed by atoms with Gasteiger partial charge in [-0.25, -0.2) is 0 Å². The summed E-state index contributed by atoms with van der Waals surface area (Å²) in [5, 5.41) is 1.65. The monoisotopic (exact) mass is 591 g/mol. The molecular weight excluding hydrogens is 577 g/mol. The molecule has 13 heteroatoms. The Hall–Kier alpha value is -1.72. The molecule has 1 aromatic carbocycles. The summed E-state index contributed by atoms with van der Waals surface area (Å²) in [7, 11) is 2.57. The second-order valence-electron chi connectivity index (χ2n) is 5.05. The van der Waals surface area contributed by atoms with Gasteiger partial charge in [0.15, 0.2) is 0 Å². The van der Waals surface area contributed by atoms with Crippen LogP contribution in [0.25, 0.3) is 0 Å². The molecule has 0 aromatic heterocycles. The van der Waals surface area contributed by atoms with Gasteiger partial charge in [0, 0.05) is 0 Å². The number of rotatable bonds is 7. The Labute approximate surface area is 162 Å². The average molecular weight is 590 g/mol. The first kappa shape index (κ1) is 23.3. The van der Waals surface area contributed by atoms with E-state index in [0.29, 0.717) is 5.56 Å². The Bertz CT molecular complexity index is 692. The van der Waals surface area contributed by atoms with Crippen LogP contribution < -0.4 is 17.9 Å². The van der Waals surface area contributed by atoms with Gasteiger partial charge in [0.1, 0.15) is 0 Å². The second-order valence-corrected chi connectivity index (χ2v) is 10.3. The van der Waals surface area contributed by atoms with Crippen molar-refractivity contribution >= 4 is 14.9 Å². The number of hydrogen-bond donors (Lipinski definition) is 1. The zero-order valence-corrected chi connectivity index (χ0v) is 19.6. The third-order valence-electron chi connectivity index (χ3n) is 3.23. The molecule has 0 fully saturated rings. The van der Waals surface area contributed by atoms with Gasteiger partial charge in [-0.3, -0.25) is 0 Å². The molecule has 0 unspecified atom stereocenters. The van der Waals surface area contributed by atoms with Crippen molar-refractivity contribution in [1.82, 2.24) is 5.32 Å². The molecule has 0 spiro atoms. The summed E-state index contributed by atoms with van der Waals surface area (Å²) in [6.45, 7) is -0.429. The van der Waals surface area contributed by atoms with E-state index in [0.717, 1.165) is 0 Å². The van der Waals surface area contributed by atoms with Crippen molar-refractivity contribution in [2.24, 2.45) is 0 Å². The number of carbonyl (C=O) groups is 2. The van der Waals surface area contributed by atoms with Crippen molar-refractivity contribution < 1.29 is 73.1 Å². The number of benzene rings is 1. The van der Waals surface area contributed by atoms with Crippen molar-refractivity contribution in [3.63, 3.8) is 0 Å². The van der Waals surface area contributed by atoms with Crippen LogP contribution >= 0.6 is 0 Å². The molecule has 1 N–H and O–H groups in total. The first-order valence-electron chi connectivity index (χ1n) is 7.23. The number of nitrogens with one attached hydrogen (secondary N) is 1.